The minimum Gasteiger partial charge on any atom is -0.314 e. The molecule has 3 rings (SSSR count). The van der Waals surface area contributed by atoms with Gasteiger partial charge in [-0.3, -0.25) is 0 Å². The Kier molecular flexibility index (Phi) is 4.32. The SMILES string of the molecule is CCNC(Cc1nc2ccccc2s1)C1CCCC1(C)C. The monoisotopic (exact) mass is 302 g/mol. The Morgan fingerprint density at radius 1 is 1.38 bits per heavy atom. The largest absolute Gasteiger partial charge is 0.314 e. The van der Waals surface area contributed by atoms with Crippen LogP contribution in [0.15, 0.2) is 24.3 Å². The molecule has 21 heavy (non-hydrogen) atoms. The lowest BCUT2D eigenvalue weighted by atomic mass is 9.76. The van der Waals surface area contributed by atoms with E-state index in [1.54, 1.807) is 0 Å². The fourth-order valence-electron chi connectivity index (χ4n) is 3.91. The Hall–Kier alpha value is -0.930. The molecule has 114 valence electrons. The van der Waals surface area contributed by atoms with E-state index < -0.39 is 0 Å². The van der Waals surface area contributed by atoms with Crippen LogP contribution in [0, 0.1) is 11.3 Å². The third-order valence-corrected chi connectivity index (χ3v) is 6.08. The van der Waals surface area contributed by atoms with Crippen molar-refractivity contribution in [3.63, 3.8) is 0 Å². The molecule has 0 bridgehead atoms. The number of rotatable bonds is 5. The number of hydrogen-bond donors (Lipinski definition) is 1. The molecule has 1 aromatic carbocycles. The molecule has 1 heterocycles. The first-order valence-corrected chi connectivity index (χ1v) is 8.99. The van der Waals surface area contributed by atoms with Crippen molar-refractivity contribution in [1.82, 2.24) is 10.3 Å². The Bertz CT molecular complexity index is 569. The molecule has 1 N–H and O–H groups in total. The molecule has 1 aromatic heterocycles. The van der Waals surface area contributed by atoms with Crippen LogP contribution in [0.5, 0.6) is 0 Å². The van der Waals surface area contributed by atoms with Crippen LogP contribution in [0.4, 0.5) is 0 Å². The van der Waals surface area contributed by atoms with E-state index >= 15 is 0 Å². The molecule has 2 aromatic rings. The first-order chi connectivity index (χ1) is 10.1. The molecule has 0 aliphatic heterocycles. The molecule has 0 amide bonds. The molecule has 2 nitrogen and oxygen atoms in total. The summed E-state index contributed by atoms with van der Waals surface area (Å²) in [6, 6.07) is 9.04. The number of nitrogens with zero attached hydrogens (tertiary/aromatic N) is 1. The summed E-state index contributed by atoms with van der Waals surface area (Å²) in [5.74, 6) is 0.768. The zero-order valence-electron chi connectivity index (χ0n) is 13.4. The maximum atomic E-state index is 4.83. The molecule has 1 saturated carbocycles. The van der Waals surface area contributed by atoms with Crippen molar-refractivity contribution in [2.24, 2.45) is 11.3 Å². The van der Waals surface area contributed by atoms with Gasteiger partial charge in [0.25, 0.3) is 0 Å². The Balaban J connectivity index is 1.81. The fraction of sp³-hybridized carbons (Fsp3) is 0.611. The molecular weight excluding hydrogens is 276 g/mol. The number of thiazole rings is 1. The van der Waals surface area contributed by atoms with Gasteiger partial charge in [0.15, 0.2) is 0 Å². The van der Waals surface area contributed by atoms with Crippen molar-refractivity contribution < 1.29 is 0 Å². The van der Waals surface area contributed by atoms with Crippen LogP contribution in [0.1, 0.15) is 45.0 Å². The van der Waals surface area contributed by atoms with Gasteiger partial charge in [0.2, 0.25) is 0 Å². The molecule has 1 aliphatic rings. The van der Waals surface area contributed by atoms with E-state index in [9.17, 15) is 0 Å². The van der Waals surface area contributed by atoms with Gasteiger partial charge in [-0.15, -0.1) is 11.3 Å². The molecule has 2 atom stereocenters. The van der Waals surface area contributed by atoms with Crippen molar-refractivity contribution in [3.05, 3.63) is 29.3 Å². The molecular formula is C18H26N2S. The predicted molar refractivity (Wildman–Crippen MR) is 91.9 cm³/mol. The second-order valence-electron chi connectivity index (χ2n) is 6.93. The number of likely N-dealkylation sites (N-methyl/N-ethyl adjacent to an activating group) is 1. The van der Waals surface area contributed by atoms with E-state index in [0.29, 0.717) is 11.5 Å². The smallest absolute Gasteiger partial charge is 0.0954 e. The Labute approximate surface area is 132 Å². The summed E-state index contributed by atoms with van der Waals surface area (Å²) in [6.07, 6.45) is 5.16. The normalized spacial score (nSPS) is 22.7. The topological polar surface area (TPSA) is 24.9 Å². The maximum absolute atomic E-state index is 4.83. The molecule has 2 unspecified atom stereocenters. The second-order valence-corrected chi connectivity index (χ2v) is 8.05. The van der Waals surface area contributed by atoms with Crippen molar-refractivity contribution in [2.45, 2.75) is 52.5 Å². The summed E-state index contributed by atoms with van der Waals surface area (Å²) in [5, 5.41) is 5.02. The van der Waals surface area contributed by atoms with E-state index in [-0.39, 0.29) is 0 Å². The van der Waals surface area contributed by atoms with Gasteiger partial charge in [-0.1, -0.05) is 39.3 Å². The van der Waals surface area contributed by atoms with Crippen LogP contribution in [-0.4, -0.2) is 17.6 Å². The highest BCUT2D eigenvalue weighted by Gasteiger charge is 2.39. The number of nitrogens with one attached hydrogen (secondary N) is 1. The van der Waals surface area contributed by atoms with Gasteiger partial charge in [-0.25, -0.2) is 4.98 Å². The van der Waals surface area contributed by atoms with E-state index in [2.05, 4.69) is 50.4 Å². The average Bonchev–Trinajstić information content (AvgIpc) is 3.00. The Morgan fingerprint density at radius 3 is 2.86 bits per heavy atom. The van der Waals surface area contributed by atoms with Crippen LogP contribution >= 0.6 is 11.3 Å². The van der Waals surface area contributed by atoms with Crippen LogP contribution in [0.2, 0.25) is 0 Å². The zero-order chi connectivity index (χ0) is 14.9. The Morgan fingerprint density at radius 2 is 2.19 bits per heavy atom. The van der Waals surface area contributed by atoms with Crippen molar-refractivity contribution in [3.8, 4) is 0 Å². The average molecular weight is 302 g/mol. The predicted octanol–water partition coefficient (Wildman–Crippen LogP) is 4.64. The fourth-order valence-corrected chi connectivity index (χ4v) is 4.94. The van der Waals surface area contributed by atoms with Crippen molar-refractivity contribution in [1.29, 1.82) is 0 Å². The summed E-state index contributed by atoms with van der Waals surface area (Å²) in [7, 11) is 0. The lowest BCUT2D eigenvalue weighted by Gasteiger charge is -2.34. The van der Waals surface area contributed by atoms with Crippen LogP contribution in [0.3, 0.4) is 0 Å². The zero-order valence-corrected chi connectivity index (χ0v) is 14.2. The van der Waals surface area contributed by atoms with Crippen molar-refractivity contribution in [2.75, 3.05) is 6.54 Å². The quantitative estimate of drug-likeness (QED) is 0.870. The van der Waals surface area contributed by atoms with Gasteiger partial charge in [0.1, 0.15) is 0 Å². The molecule has 0 spiro atoms. The summed E-state index contributed by atoms with van der Waals surface area (Å²) in [5.41, 5.74) is 1.61. The van der Waals surface area contributed by atoms with E-state index in [1.165, 1.54) is 29.0 Å². The lowest BCUT2D eigenvalue weighted by molar-refractivity contribution is 0.197. The summed E-state index contributed by atoms with van der Waals surface area (Å²) in [6.45, 7) is 8.14. The standard InChI is InChI=1S/C18H26N2S/c1-4-19-15(13-8-7-11-18(13,2)3)12-17-20-14-9-5-6-10-16(14)21-17/h5-6,9-10,13,15,19H,4,7-8,11-12H2,1-3H3. The first kappa shape index (κ1) is 15.0. The van der Waals surface area contributed by atoms with E-state index in [1.807, 2.05) is 11.3 Å². The molecule has 3 heteroatoms. The molecule has 0 radical (unpaired) electrons. The van der Waals surface area contributed by atoms with Crippen molar-refractivity contribution >= 4 is 21.6 Å². The highest BCUT2D eigenvalue weighted by Crippen LogP contribution is 2.45. The minimum absolute atomic E-state index is 0.462. The van der Waals surface area contributed by atoms with Crippen LogP contribution in [0.25, 0.3) is 10.2 Å². The van der Waals surface area contributed by atoms with E-state index in [0.717, 1.165) is 24.4 Å². The van der Waals surface area contributed by atoms with Gasteiger partial charge in [-0.2, -0.15) is 0 Å². The minimum atomic E-state index is 0.462. The number of hydrogen-bond acceptors (Lipinski definition) is 3. The highest BCUT2D eigenvalue weighted by atomic mass is 32.1. The number of para-hydroxylation sites is 1. The van der Waals surface area contributed by atoms with Crippen LogP contribution < -0.4 is 5.32 Å². The lowest BCUT2D eigenvalue weighted by Crippen LogP contribution is -2.42. The summed E-state index contributed by atoms with van der Waals surface area (Å²) < 4.78 is 1.31. The molecule has 1 aliphatic carbocycles. The molecule has 0 saturated heterocycles. The van der Waals surface area contributed by atoms with Gasteiger partial charge >= 0.3 is 0 Å². The summed E-state index contributed by atoms with van der Waals surface area (Å²) >= 11 is 1.86. The third kappa shape index (κ3) is 3.14. The number of aromatic nitrogens is 1. The highest BCUT2D eigenvalue weighted by molar-refractivity contribution is 7.18. The van der Waals surface area contributed by atoms with Gasteiger partial charge < -0.3 is 5.32 Å². The van der Waals surface area contributed by atoms with E-state index in [4.69, 9.17) is 4.98 Å². The first-order valence-electron chi connectivity index (χ1n) is 8.18. The number of benzene rings is 1. The third-order valence-electron chi connectivity index (χ3n) is 5.02. The van der Waals surface area contributed by atoms with Crippen LogP contribution in [-0.2, 0) is 6.42 Å². The van der Waals surface area contributed by atoms with Gasteiger partial charge in [0, 0.05) is 12.5 Å². The summed E-state index contributed by atoms with van der Waals surface area (Å²) in [4.78, 5) is 4.83. The molecule has 1 fully saturated rings. The van der Waals surface area contributed by atoms with Gasteiger partial charge in [0.05, 0.1) is 15.2 Å². The maximum Gasteiger partial charge on any atom is 0.0954 e. The number of fused-ring (bicyclic) bond motifs is 1. The second kappa shape index (κ2) is 6.05. The van der Waals surface area contributed by atoms with Gasteiger partial charge in [-0.05, 0) is 42.9 Å².